The van der Waals surface area contributed by atoms with Crippen molar-refractivity contribution >= 4 is 29.2 Å². The van der Waals surface area contributed by atoms with Gasteiger partial charge in [-0.3, -0.25) is 19.7 Å². The normalized spacial score (nSPS) is 12.0. The minimum absolute atomic E-state index is 0.161. The number of carbonyl (C=O) groups is 2. The molecule has 1 aliphatic rings. The zero-order valence-corrected chi connectivity index (χ0v) is 17.7. The van der Waals surface area contributed by atoms with Crippen molar-refractivity contribution in [1.29, 1.82) is 0 Å². The average molecular weight is 447 g/mol. The molecule has 0 unspecified atom stereocenters. The number of aromatic nitrogens is 4. The number of aryl methyl sites for hydroxylation is 1. The molecular weight excluding hydrogens is 428 g/mol. The molecule has 3 aromatic heterocycles. The molecule has 160 valence electrons. The third-order valence-corrected chi connectivity index (χ3v) is 5.61. The molecule has 1 aromatic carbocycles. The maximum Gasteiger partial charge on any atom is 0.256 e. The summed E-state index contributed by atoms with van der Waals surface area (Å²) < 4.78 is 2.02. The van der Waals surface area contributed by atoms with Crippen LogP contribution in [0.1, 0.15) is 31.8 Å². The first kappa shape index (κ1) is 20.0. The molecule has 2 amide bonds. The van der Waals surface area contributed by atoms with Gasteiger partial charge in [-0.25, -0.2) is 0 Å². The number of anilines is 1. The maximum atomic E-state index is 12.6. The minimum Gasteiger partial charge on any atom is -0.348 e. The van der Waals surface area contributed by atoms with E-state index in [0.717, 1.165) is 22.5 Å². The standard InChI is InChI=1S/C23H19ClN6O2/c24-17-5-1-4-15(9-17)23(32)27-21-18-6-8-30-13-16(10-19(30)20(18)28-29-21)22(31)26-12-14-3-2-7-25-11-14/h1-5,7,9-11,13H,6,8,12H2,(H,26,31)(H2,27,28,29,32). The lowest BCUT2D eigenvalue weighted by atomic mass is 10.1. The Morgan fingerprint density at radius 2 is 2.03 bits per heavy atom. The summed E-state index contributed by atoms with van der Waals surface area (Å²) in [5, 5.41) is 13.6. The van der Waals surface area contributed by atoms with E-state index in [2.05, 4.69) is 25.8 Å². The summed E-state index contributed by atoms with van der Waals surface area (Å²) in [7, 11) is 0. The van der Waals surface area contributed by atoms with Crippen molar-refractivity contribution in [2.75, 3.05) is 5.32 Å². The summed E-state index contributed by atoms with van der Waals surface area (Å²) in [4.78, 5) is 29.3. The van der Waals surface area contributed by atoms with Crippen LogP contribution in [0, 0.1) is 0 Å². The van der Waals surface area contributed by atoms with Crippen LogP contribution in [0.3, 0.4) is 0 Å². The molecule has 4 heterocycles. The van der Waals surface area contributed by atoms with Gasteiger partial charge in [0, 0.05) is 47.8 Å². The first-order valence-corrected chi connectivity index (χ1v) is 10.5. The van der Waals surface area contributed by atoms with Crippen molar-refractivity contribution < 1.29 is 9.59 Å². The van der Waals surface area contributed by atoms with Crippen LogP contribution in [0.5, 0.6) is 0 Å². The number of halogens is 1. The van der Waals surface area contributed by atoms with Gasteiger partial charge >= 0.3 is 0 Å². The predicted octanol–water partition coefficient (Wildman–Crippen LogP) is 3.67. The van der Waals surface area contributed by atoms with Crippen molar-refractivity contribution in [2.24, 2.45) is 0 Å². The third-order valence-electron chi connectivity index (χ3n) is 5.38. The lowest BCUT2D eigenvalue weighted by molar-refractivity contribution is 0.0950. The molecular formula is C23H19ClN6O2. The number of benzene rings is 1. The van der Waals surface area contributed by atoms with E-state index in [4.69, 9.17) is 11.6 Å². The highest BCUT2D eigenvalue weighted by atomic mass is 35.5. The van der Waals surface area contributed by atoms with Crippen LogP contribution in [0.2, 0.25) is 5.02 Å². The number of hydrogen-bond acceptors (Lipinski definition) is 4. The predicted molar refractivity (Wildman–Crippen MR) is 121 cm³/mol. The Labute approximate surface area is 188 Å². The van der Waals surface area contributed by atoms with Gasteiger partial charge in [-0.05, 0) is 42.3 Å². The first-order valence-electron chi connectivity index (χ1n) is 10.1. The van der Waals surface area contributed by atoms with E-state index >= 15 is 0 Å². The van der Waals surface area contributed by atoms with Gasteiger partial charge in [0.1, 0.15) is 0 Å². The number of hydrogen-bond donors (Lipinski definition) is 3. The van der Waals surface area contributed by atoms with E-state index < -0.39 is 0 Å². The van der Waals surface area contributed by atoms with Crippen LogP contribution >= 0.6 is 11.6 Å². The highest BCUT2D eigenvalue weighted by molar-refractivity contribution is 6.31. The van der Waals surface area contributed by atoms with Gasteiger partial charge < -0.3 is 15.2 Å². The summed E-state index contributed by atoms with van der Waals surface area (Å²) in [6.45, 7) is 1.08. The third kappa shape index (κ3) is 3.88. The van der Waals surface area contributed by atoms with Crippen LogP contribution in [-0.4, -0.2) is 31.6 Å². The SMILES string of the molecule is O=C(NCc1cccnc1)c1cc2n(c1)CCc1c(NC(=O)c3cccc(Cl)c3)n[nH]c1-2. The number of amides is 2. The zero-order valence-electron chi connectivity index (χ0n) is 16.9. The average Bonchev–Trinajstić information content (AvgIpc) is 3.42. The highest BCUT2D eigenvalue weighted by Gasteiger charge is 2.25. The summed E-state index contributed by atoms with van der Waals surface area (Å²) in [5.74, 6) is 0.0459. The maximum absolute atomic E-state index is 12.6. The Morgan fingerprint density at radius 1 is 1.12 bits per heavy atom. The van der Waals surface area contributed by atoms with Crippen molar-refractivity contribution in [2.45, 2.75) is 19.5 Å². The van der Waals surface area contributed by atoms with Crippen LogP contribution in [0.25, 0.3) is 11.4 Å². The summed E-state index contributed by atoms with van der Waals surface area (Å²) in [5.41, 5.74) is 4.52. The molecule has 0 aliphatic carbocycles. The smallest absolute Gasteiger partial charge is 0.256 e. The van der Waals surface area contributed by atoms with Gasteiger partial charge in [-0.1, -0.05) is 23.7 Å². The molecule has 0 radical (unpaired) electrons. The fraction of sp³-hybridized carbons (Fsp3) is 0.130. The number of rotatable bonds is 5. The quantitative estimate of drug-likeness (QED) is 0.435. The molecule has 32 heavy (non-hydrogen) atoms. The fourth-order valence-electron chi connectivity index (χ4n) is 3.78. The number of pyridine rings is 1. The molecule has 9 heteroatoms. The van der Waals surface area contributed by atoms with Crippen LogP contribution in [-0.2, 0) is 19.5 Å². The van der Waals surface area contributed by atoms with E-state index in [-0.39, 0.29) is 11.8 Å². The van der Waals surface area contributed by atoms with Crippen molar-refractivity contribution in [1.82, 2.24) is 25.1 Å². The highest BCUT2D eigenvalue weighted by Crippen LogP contribution is 2.33. The molecule has 0 saturated heterocycles. The molecule has 5 rings (SSSR count). The van der Waals surface area contributed by atoms with Gasteiger partial charge in [0.2, 0.25) is 0 Å². The number of nitrogens with one attached hydrogen (secondary N) is 3. The Bertz CT molecular complexity index is 1310. The second-order valence-corrected chi connectivity index (χ2v) is 7.93. The monoisotopic (exact) mass is 446 g/mol. The van der Waals surface area contributed by atoms with E-state index in [0.29, 0.717) is 41.5 Å². The van der Waals surface area contributed by atoms with Crippen LogP contribution in [0.15, 0.2) is 61.1 Å². The number of carbonyl (C=O) groups excluding carboxylic acids is 2. The molecule has 0 atom stereocenters. The Morgan fingerprint density at radius 3 is 2.84 bits per heavy atom. The summed E-state index contributed by atoms with van der Waals surface area (Å²) in [6.07, 6.45) is 5.93. The van der Waals surface area contributed by atoms with Gasteiger partial charge in [0.25, 0.3) is 11.8 Å². The summed E-state index contributed by atoms with van der Waals surface area (Å²) >= 11 is 5.99. The molecule has 0 spiro atoms. The zero-order chi connectivity index (χ0) is 22.1. The lowest BCUT2D eigenvalue weighted by Crippen LogP contribution is -2.22. The Kier molecular flexibility index (Phi) is 5.20. The van der Waals surface area contributed by atoms with Crippen LogP contribution < -0.4 is 10.6 Å². The molecule has 1 aliphatic heterocycles. The van der Waals surface area contributed by atoms with E-state index in [1.54, 1.807) is 36.7 Å². The van der Waals surface area contributed by atoms with E-state index in [1.165, 1.54) is 0 Å². The second kappa shape index (κ2) is 8.32. The van der Waals surface area contributed by atoms with E-state index in [1.807, 2.05) is 29.0 Å². The molecule has 0 bridgehead atoms. The van der Waals surface area contributed by atoms with Crippen molar-refractivity contribution in [3.05, 3.63) is 88.3 Å². The van der Waals surface area contributed by atoms with Crippen molar-refractivity contribution in [3.8, 4) is 11.4 Å². The summed E-state index contributed by atoms with van der Waals surface area (Å²) in [6, 6.07) is 12.3. The van der Waals surface area contributed by atoms with Gasteiger partial charge in [0.15, 0.2) is 5.82 Å². The van der Waals surface area contributed by atoms with Crippen molar-refractivity contribution in [3.63, 3.8) is 0 Å². The van der Waals surface area contributed by atoms with Gasteiger partial charge in [0.05, 0.1) is 17.0 Å². The fourth-order valence-corrected chi connectivity index (χ4v) is 3.97. The minimum atomic E-state index is -0.279. The second-order valence-electron chi connectivity index (χ2n) is 7.49. The van der Waals surface area contributed by atoms with Crippen LogP contribution in [0.4, 0.5) is 5.82 Å². The molecule has 3 N–H and O–H groups in total. The number of nitrogens with zero attached hydrogens (tertiary/aromatic N) is 3. The first-order chi connectivity index (χ1) is 15.6. The number of aromatic amines is 1. The number of H-pyrrole nitrogens is 1. The lowest BCUT2D eigenvalue weighted by Gasteiger charge is -2.16. The van der Waals surface area contributed by atoms with Gasteiger partial charge in [-0.2, -0.15) is 5.10 Å². The Balaban J connectivity index is 1.33. The Hall–Kier alpha value is -3.91. The van der Waals surface area contributed by atoms with E-state index in [9.17, 15) is 9.59 Å². The largest absolute Gasteiger partial charge is 0.348 e. The number of fused-ring (bicyclic) bond motifs is 3. The molecule has 8 nitrogen and oxygen atoms in total. The molecule has 0 saturated carbocycles. The van der Waals surface area contributed by atoms with Gasteiger partial charge in [-0.15, -0.1) is 0 Å². The molecule has 0 fully saturated rings. The topological polar surface area (TPSA) is 105 Å². The molecule has 4 aromatic rings.